The average molecular weight is 383 g/mol. The summed E-state index contributed by atoms with van der Waals surface area (Å²) in [7, 11) is 1.34. The van der Waals surface area contributed by atoms with Crippen molar-refractivity contribution in [3.05, 3.63) is 53.7 Å². The maximum absolute atomic E-state index is 12.6. The molecule has 26 heavy (non-hydrogen) atoms. The number of amides is 2. The first kappa shape index (κ1) is 19.8. The van der Waals surface area contributed by atoms with Crippen LogP contribution in [0.3, 0.4) is 0 Å². The lowest BCUT2D eigenvalue weighted by Crippen LogP contribution is -2.35. The number of carbonyl (C=O) groups excluding carboxylic acids is 2. The topological polar surface area (TPSA) is 62.3 Å². The second kappa shape index (κ2) is 8.22. The van der Waals surface area contributed by atoms with Crippen molar-refractivity contribution >= 4 is 29.3 Å². The molecule has 9 heteroatoms. The van der Waals surface area contributed by atoms with E-state index in [1.807, 2.05) is 19.1 Å². The number of aromatic nitrogens is 1. The van der Waals surface area contributed by atoms with Gasteiger partial charge in [-0.05, 0) is 31.2 Å². The Kier molecular flexibility index (Phi) is 6.25. The number of alkyl halides is 3. The fourth-order valence-electron chi connectivity index (χ4n) is 2.07. The van der Waals surface area contributed by atoms with Crippen LogP contribution in [-0.2, 0) is 4.79 Å². The predicted molar refractivity (Wildman–Crippen MR) is 92.9 cm³/mol. The SMILES string of the molecule is Cc1ccc(NC(=O)CN(C)C(=O)c2cccnc2SC(F)(F)F)cc1. The highest BCUT2D eigenvalue weighted by atomic mass is 32.2. The van der Waals surface area contributed by atoms with Gasteiger partial charge in [-0.15, -0.1) is 0 Å². The second-order valence-corrected chi connectivity index (χ2v) is 6.53. The number of carbonyl (C=O) groups is 2. The van der Waals surface area contributed by atoms with E-state index >= 15 is 0 Å². The van der Waals surface area contributed by atoms with E-state index in [-0.39, 0.29) is 12.1 Å². The van der Waals surface area contributed by atoms with Gasteiger partial charge in [-0.3, -0.25) is 9.59 Å². The predicted octanol–water partition coefficient (Wildman–Crippen LogP) is 3.71. The quantitative estimate of drug-likeness (QED) is 0.800. The maximum atomic E-state index is 12.6. The molecule has 2 rings (SSSR count). The van der Waals surface area contributed by atoms with Gasteiger partial charge in [0.1, 0.15) is 5.03 Å². The van der Waals surface area contributed by atoms with E-state index in [2.05, 4.69) is 10.3 Å². The van der Waals surface area contributed by atoms with Crippen molar-refractivity contribution in [2.24, 2.45) is 0 Å². The van der Waals surface area contributed by atoms with Crippen LogP contribution < -0.4 is 5.32 Å². The zero-order valence-corrected chi connectivity index (χ0v) is 14.8. The van der Waals surface area contributed by atoms with E-state index in [0.717, 1.165) is 10.5 Å². The minimum absolute atomic E-state index is 0.208. The second-order valence-electron chi connectivity index (χ2n) is 5.48. The number of nitrogens with zero attached hydrogens (tertiary/aromatic N) is 2. The van der Waals surface area contributed by atoms with Crippen molar-refractivity contribution in [1.82, 2.24) is 9.88 Å². The van der Waals surface area contributed by atoms with E-state index in [9.17, 15) is 22.8 Å². The normalized spacial score (nSPS) is 11.1. The first-order chi connectivity index (χ1) is 12.2. The highest BCUT2D eigenvalue weighted by Crippen LogP contribution is 2.37. The summed E-state index contributed by atoms with van der Waals surface area (Å²) in [6.07, 6.45) is 1.18. The molecule has 2 aromatic rings. The molecular formula is C17H16F3N3O2S. The number of halogens is 3. The summed E-state index contributed by atoms with van der Waals surface area (Å²) in [4.78, 5) is 29.1. The van der Waals surface area contributed by atoms with Gasteiger partial charge in [-0.2, -0.15) is 13.2 Å². The summed E-state index contributed by atoms with van der Waals surface area (Å²) in [6, 6.07) is 9.69. The van der Waals surface area contributed by atoms with Crippen molar-refractivity contribution in [3.8, 4) is 0 Å². The summed E-state index contributed by atoms with van der Waals surface area (Å²) >= 11 is -0.463. The summed E-state index contributed by atoms with van der Waals surface area (Å²) in [6.45, 7) is 1.60. The van der Waals surface area contributed by atoms with Crippen molar-refractivity contribution < 1.29 is 22.8 Å². The highest BCUT2D eigenvalue weighted by molar-refractivity contribution is 8.00. The maximum Gasteiger partial charge on any atom is 0.447 e. The number of anilines is 1. The van der Waals surface area contributed by atoms with Crippen molar-refractivity contribution in [2.75, 3.05) is 18.9 Å². The number of likely N-dealkylation sites (N-methyl/N-ethyl adjacent to an activating group) is 1. The van der Waals surface area contributed by atoms with Crippen LogP contribution in [0.5, 0.6) is 0 Å². The van der Waals surface area contributed by atoms with E-state index in [0.29, 0.717) is 5.69 Å². The molecular weight excluding hydrogens is 367 g/mol. The minimum atomic E-state index is -4.56. The van der Waals surface area contributed by atoms with Crippen LogP contribution in [0.15, 0.2) is 47.6 Å². The van der Waals surface area contributed by atoms with E-state index in [1.165, 1.54) is 25.4 Å². The van der Waals surface area contributed by atoms with Crippen LogP contribution in [0, 0.1) is 6.92 Å². The Hall–Kier alpha value is -2.55. The van der Waals surface area contributed by atoms with Gasteiger partial charge in [-0.25, -0.2) is 4.98 Å². The molecule has 1 aromatic carbocycles. The molecule has 0 saturated heterocycles. The number of benzene rings is 1. The number of thioether (sulfide) groups is 1. The van der Waals surface area contributed by atoms with Crippen LogP contribution >= 0.6 is 11.8 Å². The fourth-order valence-corrected chi connectivity index (χ4v) is 2.67. The fraction of sp³-hybridized carbons (Fsp3) is 0.235. The van der Waals surface area contributed by atoms with Gasteiger partial charge in [0.05, 0.1) is 12.1 Å². The van der Waals surface area contributed by atoms with Crippen molar-refractivity contribution in [2.45, 2.75) is 17.5 Å². The molecule has 0 unspecified atom stereocenters. The number of aryl methyl sites for hydroxylation is 1. The average Bonchev–Trinajstić information content (AvgIpc) is 2.55. The molecule has 0 saturated carbocycles. The molecule has 2 amide bonds. The van der Waals surface area contributed by atoms with Gasteiger partial charge < -0.3 is 10.2 Å². The third-order valence-corrected chi connectivity index (χ3v) is 4.03. The van der Waals surface area contributed by atoms with Crippen LogP contribution in [0.25, 0.3) is 0 Å². The van der Waals surface area contributed by atoms with Gasteiger partial charge in [0.25, 0.3) is 5.91 Å². The molecule has 5 nitrogen and oxygen atoms in total. The van der Waals surface area contributed by atoms with Crippen LogP contribution in [0.2, 0.25) is 0 Å². The molecule has 1 heterocycles. The summed E-state index contributed by atoms with van der Waals surface area (Å²) < 4.78 is 37.8. The summed E-state index contributed by atoms with van der Waals surface area (Å²) in [5.41, 5.74) is -3.18. The highest BCUT2D eigenvalue weighted by Gasteiger charge is 2.32. The first-order valence-electron chi connectivity index (χ1n) is 7.48. The molecule has 0 aliphatic carbocycles. The lowest BCUT2D eigenvalue weighted by molar-refractivity contribution is -0.116. The molecule has 1 N–H and O–H groups in total. The third kappa shape index (κ3) is 5.76. The minimum Gasteiger partial charge on any atom is -0.332 e. The zero-order valence-electron chi connectivity index (χ0n) is 14.0. The number of nitrogens with one attached hydrogen (secondary N) is 1. The summed E-state index contributed by atoms with van der Waals surface area (Å²) in [5.74, 6) is -1.18. The standard InChI is InChI=1S/C17H16F3N3O2S/c1-11-5-7-12(8-6-11)22-14(24)10-23(2)16(25)13-4-3-9-21-15(13)26-17(18,19)20/h3-9H,10H2,1-2H3,(H,22,24). The largest absolute Gasteiger partial charge is 0.447 e. The molecule has 0 aliphatic heterocycles. The molecule has 0 bridgehead atoms. The Balaban J connectivity index is 2.05. The van der Waals surface area contributed by atoms with Crippen molar-refractivity contribution in [3.63, 3.8) is 0 Å². The Morgan fingerprint density at radius 2 is 1.85 bits per heavy atom. The summed E-state index contributed by atoms with van der Waals surface area (Å²) in [5, 5.41) is 2.18. The lowest BCUT2D eigenvalue weighted by Gasteiger charge is -2.18. The van der Waals surface area contributed by atoms with Gasteiger partial charge >= 0.3 is 5.51 Å². The van der Waals surface area contributed by atoms with Gasteiger partial charge in [0, 0.05) is 30.7 Å². The lowest BCUT2D eigenvalue weighted by atomic mass is 10.2. The van der Waals surface area contributed by atoms with Crippen LogP contribution in [0.4, 0.5) is 18.9 Å². The number of rotatable bonds is 5. The number of hydrogen-bond acceptors (Lipinski definition) is 4. The Morgan fingerprint density at radius 1 is 1.19 bits per heavy atom. The number of hydrogen-bond donors (Lipinski definition) is 1. The zero-order chi connectivity index (χ0) is 19.3. The molecule has 138 valence electrons. The van der Waals surface area contributed by atoms with Gasteiger partial charge in [-0.1, -0.05) is 17.7 Å². The van der Waals surface area contributed by atoms with E-state index in [4.69, 9.17) is 0 Å². The smallest absolute Gasteiger partial charge is 0.332 e. The van der Waals surface area contributed by atoms with E-state index in [1.54, 1.807) is 12.1 Å². The number of pyridine rings is 1. The molecule has 0 fully saturated rings. The molecule has 0 atom stereocenters. The molecule has 0 spiro atoms. The molecule has 1 aromatic heterocycles. The third-order valence-electron chi connectivity index (χ3n) is 3.28. The van der Waals surface area contributed by atoms with Crippen LogP contribution in [-0.4, -0.2) is 40.8 Å². The molecule has 0 aliphatic rings. The van der Waals surface area contributed by atoms with E-state index < -0.39 is 34.1 Å². The monoisotopic (exact) mass is 383 g/mol. The molecule has 0 radical (unpaired) electrons. The van der Waals surface area contributed by atoms with Gasteiger partial charge in [0.2, 0.25) is 5.91 Å². The van der Waals surface area contributed by atoms with Crippen LogP contribution in [0.1, 0.15) is 15.9 Å². The Bertz CT molecular complexity index is 795. The van der Waals surface area contributed by atoms with Crippen molar-refractivity contribution in [1.29, 1.82) is 0 Å². The first-order valence-corrected chi connectivity index (χ1v) is 8.30. The Labute approximate surface area is 152 Å². The van der Waals surface area contributed by atoms with Gasteiger partial charge in [0.15, 0.2) is 0 Å². The Morgan fingerprint density at radius 3 is 2.46 bits per heavy atom.